The van der Waals surface area contributed by atoms with Crippen LogP contribution in [0.3, 0.4) is 0 Å². The molecule has 1 heterocycles. The lowest BCUT2D eigenvalue weighted by atomic mass is 10.1. The highest BCUT2D eigenvalue weighted by Crippen LogP contribution is 2.31. The molecule has 0 bridgehead atoms. The van der Waals surface area contributed by atoms with Crippen LogP contribution >= 0.6 is 11.6 Å². The fourth-order valence-electron chi connectivity index (χ4n) is 2.36. The van der Waals surface area contributed by atoms with Gasteiger partial charge in [0.15, 0.2) is 0 Å². The summed E-state index contributed by atoms with van der Waals surface area (Å²) in [6, 6.07) is 8.35. The normalized spacial score (nSPS) is 14.5. The molecule has 2 N–H and O–H groups in total. The fourth-order valence-corrected chi connectivity index (χ4v) is 2.57. The van der Waals surface area contributed by atoms with Gasteiger partial charge in [-0.3, -0.25) is 4.79 Å². The van der Waals surface area contributed by atoms with Crippen molar-refractivity contribution in [3.8, 4) is 5.75 Å². The van der Waals surface area contributed by atoms with E-state index in [4.69, 9.17) is 22.1 Å². The van der Waals surface area contributed by atoms with Crippen molar-refractivity contribution in [1.82, 2.24) is 0 Å². The molecule has 0 aliphatic carbocycles. The first-order valence-electron chi connectivity index (χ1n) is 6.90. The molecule has 1 fully saturated rings. The molecule has 0 atom stereocenters. The molecule has 0 aromatic heterocycles. The lowest BCUT2D eigenvalue weighted by Gasteiger charge is -2.40. The van der Waals surface area contributed by atoms with Crippen LogP contribution in [0.4, 0.5) is 14.5 Å². The monoisotopic (exact) mass is 338 g/mol. The zero-order valence-corrected chi connectivity index (χ0v) is 12.7. The van der Waals surface area contributed by atoms with Crippen molar-refractivity contribution in [2.45, 2.75) is 6.10 Å². The van der Waals surface area contributed by atoms with Gasteiger partial charge >= 0.3 is 0 Å². The minimum Gasteiger partial charge on any atom is -0.485 e. The summed E-state index contributed by atoms with van der Waals surface area (Å²) in [7, 11) is 0. The molecule has 1 aliphatic rings. The van der Waals surface area contributed by atoms with Gasteiger partial charge < -0.3 is 15.4 Å². The summed E-state index contributed by atoms with van der Waals surface area (Å²) in [5.41, 5.74) is 5.66. The molecule has 120 valence electrons. The van der Waals surface area contributed by atoms with Crippen molar-refractivity contribution in [2.24, 2.45) is 5.73 Å². The van der Waals surface area contributed by atoms with E-state index in [-0.39, 0.29) is 28.3 Å². The Labute approximate surface area is 136 Å². The Kier molecular flexibility index (Phi) is 4.09. The van der Waals surface area contributed by atoms with E-state index >= 15 is 0 Å². The number of hydrogen-bond donors (Lipinski definition) is 1. The van der Waals surface area contributed by atoms with Crippen LogP contribution in [0.25, 0.3) is 0 Å². The summed E-state index contributed by atoms with van der Waals surface area (Å²) >= 11 is 5.99. The summed E-state index contributed by atoms with van der Waals surface area (Å²) in [6.45, 7) is 1.14. The minimum atomic E-state index is -0.887. The number of nitrogens with two attached hydrogens (primary N) is 1. The number of ether oxygens (including phenoxy) is 1. The zero-order chi connectivity index (χ0) is 16.6. The molecule has 7 heteroatoms. The van der Waals surface area contributed by atoms with E-state index in [0.29, 0.717) is 13.1 Å². The maximum Gasteiger partial charge on any atom is 0.251 e. The Bertz CT molecular complexity index is 746. The second-order valence-electron chi connectivity index (χ2n) is 5.25. The van der Waals surface area contributed by atoms with Gasteiger partial charge in [-0.15, -0.1) is 0 Å². The summed E-state index contributed by atoms with van der Waals surface area (Å²) in [5, 5.41) is 0.125. The largest absolute Gasteiger partial charge is 0.485 e. The number of amides is 1. The summed E-state index contributed by atoms with van der Waals surface area (Å²) < 4.78 is 32.3. The van der Waals surface area contributed by atoms with Crippen molar-refractivity contribution in [3.05, 3.63) is 58.6 Å². The second-order valence-corrected chi connectivity index (χ2v) is 5.66. The van der Waals surface area contributed by atoms with Gasteiger partial charge in [0, 0.05) is 11.8 Å². The molecule has 2 aromatic rings. The Morgan fingerprint density at radius 2 is 1.87 bits per heavy atom. The van der Waals surface area contributed by atoms with Crippen molar-refractivity contribution < 1.29 is 18.3 Å². The Morgan fingerprint density at radius 1 is 1.22 bits per heavy atom. The van der Waals surface area contributed by atoms with Gasteiger partial charge in [0.2, 0.25) is 0 Å². The lowest BCUT2D eigenvalue weighted by molar-refractivity contribution is 0.0996. The molecular formula is C16H13ClF2N2O2. The topological polar surface area (TPSA) is 55.6 Å². The third kappa shape index (κ3) is 3.22. The van der Waals surface area contributed by atoms with Crippen LogP contribution in [0.1, 0.15) is 10.4 Å². The van der Waals surface area contributed by atoms with Crippen molar-refractivity contribution in [1.29, 1.82) is 0 Å². The van der Waals surface area contributed by atoms with Crippen molar-refractivity contribution >= 4 is 23.2 Å². The van der Waals surface area contributed by atoms with E-state index in [1.54, 1.807) is 12.1 Å². The first-order chi connectivity index (χ1) is 10.9. The number of primary amides is 1. The predicted octanol–water partition coefficient (Wildman–Crippen LogP) is 2.98. The Balaban J connectivity index is 1.65. The van der Waals surface area contributed by atoms with Crippen molar-refractivity contribution in [3.63, 3.8) is 0 Å². The smallest absolute Gasteiger partial charge is 0.251 e. The van der Waals surface area contributed by atoms with Gasteiger partial charge in [0.1, 0.15) is 23.5 Å². The number of carbonyl (C=O) groups is 1. The fraction of sp³-hybridized carbons (Fsp3) is 0.188. The summed E-state index contributed by atoms with van der Waals surface area (Å²) in [4.78, 5) is 13.0. The van der Waals surface area contributed by atoms with E-state index in [1.807, 2.05) is 4.90 Å². The number of carbonyl (C=O) groups excluding carboxylic acids is 1. The molecule has 0 saturated carbocycles. The van der Waals surface area contributed by atoms with E-state index in [0.717, 1.165) is 17.8 Å². The molecule has 1 amide bonds. The molecule has 0 spiro atoms. The second kappa shape index (κ2) is 6.04. The van der Waals surface area contributed by atoms with Crippen LogP contribution in [-0.4, -0.2) is 25.1 Å². The maximum absolute atomic E-state index is 13.7. The van der Waals surface area contributed by atoms with Gasteiger partial charge in [-0.2, -0.15) is 0 Å². The van der Waals surface area contributed by atoms with Gasteiger partial charge in [-0.05, 0) is 30.3 Å². The minimum absolute atomic E-state index is 0.125. The first kappa shape index (κ1) is 15.6. The Morgan fingerprint density at radius 3 is 2.48 bits per heavy atom. The van der Waals surface area contributed by atoms with Crippen molar-refractivity contribution in [2.75, 3.05) is 18.0 Å². The van der Waals surface area contributed by atoms with Crippen LogP contribution in [-0.2, 0) is 0 Å². The number of halogens is 3. The van der Waals surface area contributed by atoms with Crippen LogP contribution in [0.2, 0.25) is 5.02 Å². The van der Waals surface area contributed by atoms with Gasteiger partial charge in [0.25, 0.3) is 5.91 Å². The van der Waals surface area contributed by atoms with Gasteiger partial charge in [-0.25, -0.2) is 8.78 Å². The molecule has 3 rings (SSSR count). The SMILES string of the molecule is NC(=O)c1cc(Cl)c(OC2CN(c3ccc(F)cc3)C2)cc1F. The lowest BCUT2D eigenvalue weighted by Crippen LogP contribution is -2.54. The average Bonchev–Trinajstić information content (AvgIpc) is 2.46. The quantitative estimate of drug-likeness (QED) is 0.932. The molecule has 0 unspecified atom stereocenters. The maximum atomic E-state index is 13.7. The number of benzene rings is 2. The van der Waals surface area contributed by atoms with E-state index in [9.17, 15) is 13.6 Å². The van der Waals surface area contributed by atoms with E-state index < -0.39 is 11.7 Å². The first-order valence-corrected chi connectivity index (χ1v) is 7.28. The number of nitrogens with zero attached hydrogens (tertiary/aromatic N) is 1. The molecule has 23 heavy (non-hydrogen) atoms. The standard InChI is InChI=1S/C16H13ClF2N2O2/c17-13-5-12(16(20)22)14(19)6-15(13)23-11-7-21(8-11)10-3-1-9(18)2-4-10/h1-6,11H,7-8H2,(H2,20,22). The summed E-state index contributed by atoms with van der Waals surface area (Å²) in [6.07, 6.45) is -0.170. The number of rotatable bonds is 4. The summed E-state index contributed by atoms with van der Waals surface area (Å²) in [5.74, 6) is -1.79. The van der Waals surface area contributed by atoms with Crippen LogP contribution < -0.4 is 15.4 Å². The van der Waals surface area contributed by atoms with Crippen LogP contribution in [0.5, 0.6) is 5.75 Å². The highest BCUT2D eigenvalue weighted by molar-refractivity contribution is 6.32. The predicted molar refractivity (Wildman–Crippen MR) is 83.0 cm³/mol. The Hall–Kier alpha value is -2.34. The zero-order valence-electron chi connectivity index (χ0n) is 11.9. The molecule has 1 aliphatic heterocycles. The third-order valence-electron chi connectivity index (χ3n) is 3.62. The third-order valence-corrected chi connectivity index (χ3v) is 3.92. The molecule has 1 saturated heterocycles. The van der Waals surface area contributed by atoms with Crippen LogP contribution in [0, 0.1) is 11.6 Å². The van der Waals surface area contributed by atoms with E-state index in [1.165, 1.54) is 12.1 Å². The number of anilines is 1. The highest BCUT2D eigenvalue weighted by Gasteiger charge is 2.29. The van der Waals surface area contributed by atoms with Crippen LogP contribution in [0.15, 0.2) is 36.4 Å². The van der Waals surface area contributed by atoms with E-state index in [2.05, 4.69) is 0 Å². The molecule has 0 radical (unpaired) electrons. The van der Waals surface area contributed by atoms with Gasteiger partial charge in [0.05, 0.1) is 23.7 Å². The molecule has 4 nitrogen and oxygen atoms in total. The molecular weight excluding hydrogens is 326 g/mol. The number of hydrogen-bond acceptors (Lipinski definition) is 3. The molecule has 2 aromatic carbocycles. The average molecular weight is 339 g/mol. The highest BCUT2D eigenvalue weighted by atomic mass is 35.5. The van der Waals surface area contributed by atoms with Gasteiger partial charge in [-0.1, -0.05) is 11.6 Å².